The molecule has 2 heterocycles. The summed E-state index contributed by atoms with van der Waals surface area (Å²) in [6.45, 7) is 4.69. The molecule has 150 valence electrons. The number of nitrogens with one attached hydrogen (secondary N) is 2. The molecule has 1 amide bonds. The zero-order chi connectivity index (χ0) is 21.1. The van der Waals surface area contributed by atoms with Gasteiger partial charge >= 0.3 is 0 Å². The topological polar surface area (TPSA) is 73.6 Å². The first-order valence-corrected chi connectivity index (χ1v) is 10.1. The molecule has 0 aliphatic heterocycles. The highest BCUT2D eigenvalue weighted by molar-refractivity contribution is 6.04. The van der Waals surface area contributed by atoms with Gasteiger partial charge in [-0.2, -0.15) is 5.26 Å². The minimum Gasteiger partial charge on any atom is -0.361 e. The Balaban J connectivity index is 1.51. The van der Waals surface area contributed by atoms with Crippen LogP contribution in [0.3, 0.4) is 0 Å². The van der Waals surface area contributed by atoms with Crippen LogP contribution in [0.2, 0.25) is 0 Å². The monoisotopic (exact) mass is 396 g/mol. The normalized spacial score (nSPS) is 11.9. The van der Waals surface area contributed by atoms with Crippen LogP contribution in [0.1, 0.15) is 31.0 Å². The molecule has 0 aliphatic rings. The number of rotatable bonds is 6. The van der Waals surface area contributed by atoms with Crippen LogP contribution in [0.25, 0.3) is 27.9 Å². The third kappa shape index (κ3) is 3.72. The van der Waals surface area contributed by atoms with Gasteiger partial charge in [0.25, 0.3) is 5.91 Å². The van der Waals surface area contributed by atoms with Crippen LogP contribution in [0, 0.1) is 11.3 Å². The molecular weight excluding hydrogens is 372 g/mol. The summed E-state index contributed by atoms with van der Waals surface area (Å²) < 4.78 is 2.16. The lowest BCUT2D eigenvalue weighted by Gasteiger charge is -2.08. The standard InChI is InChI=1S/C25H24N4O/c1-17(2)29-16-20(22-8-4-6-10-24(22)29)13-19(14-26)25(30)27-12-11-18-15-28-23-9-5-3-7-21(18)23/h3-10,13,15-17,28H,11-12H2,1-2H3,(H,27,30)/b19-13-. The Morgan fingerprint density at radius 3 is 2.67 bits per heavy atom. The SMILES string of the molecule is CC(C)n1cc(/C=C(/C#N)C(=O)NCCc2c[nH]c3ccccc23)c2ccccc21. The van der Waals surface area contributed by atoms with E-state index in [0.717, 1.165) is 32.9 Å². The Morgan fingerprint density at radius 2 is 1.90 bits per heavy atom. The van der Waals surface area contributed by atoms with Crippen molar-refractivity contribution < 1.29 is 4.79 Å². The lowest BCUT2D eigenvalue weighted by Crippen LogP contribution is -2.26. The smallest absolute Gasteiger partial charge is 0.261 e. The van der Waals surface area contributed by atoms with E-state index in [0.29, 0.717) is 13.0 Å². The van der Waals surface area contributed by atoms with Crippen molar-refractivity contribution in [2.75, 3.05) is 6.54 Å². The number of nitrogens with zero attached hydrogens (tertiary/aromatic N) is 2. The molecule has 2 aromatic carbocycles. The van der Waals surface area contributed by atoms with Gasteiger partial charge in [0, 0.05) is 52.3 Å². The van der Waals surface area contributed by atoms with Crippen LogP contribution in [0.4, 0.5) is 0 Å². The van der Waals surface area contributed by atoms with Gasteiger partial charge in [-0.15, -0.1) is 0 Å². The van der Waals surface area contributed by atoms with Crippen molar-refractivity contribution in [1.82, 2.24) is 14.9 Å². The zero-order valence-corrected chi connectivity index (χ0v) is 17.1. The maximum Gasteiger partial charge on any atom is 0.261 e. The third-order valence-electron chi connectivity index (χ3n) is 5.35. The van der Waals surface area contributed by atoms with Crippen molar-refractivity contribution in [3.8, 4) is 6.07 Å². The number of H-pyrrole nitrogens is 1. The van der Waals surface area contributed by atoms with Crippen molar-refractivity contribution in [1.29, 1.82) is 5.26 Å². The number of nitriles is 1. The second kappa shape index (κ2) is 8.30. The minimum absolute atomic E-state index is 0.112. The Morgan fingerprint density at radius 1 is 1.17 bits per heavy atom. The first-order chi connectivity index (χ1) is 14.6. The molecule has 5 heteroatoms. The van der Waals surface area contributed by atoms with Gasteiger partial charge in [0.15, 0.2) is 0 Å². The number of carbonyl (C=O) groups excluding carboxylic acids is 1. The predicted molar refractivity (Wildman–Crippen MR) is 121 cm³/mol. The first-order valence-electron chi connectivity index (χ1n) is 10.1. The van der Waals surface area contributed by atoms with Crippen LogP contribution < -0.4 is 5.32 Å². The summed E-state index contributed by atoms with van der Waals surface area (Å²) in [5.74, 6) is -0.348. The molecule has 0 fully saturated rings. The molecule has 5 nitrogen and oxygen atoms in total. The summed E-state index contributed by atoms with van der Waals surface area (Å²) in [5.41, 5.74) is 4.31. The highest BCUT2D eigenvalue weighted by Gasteiger charge is 2.13. The van der Waals surface area contributed by atoms with Gasteiger partial charge in [-0.25, -0.2) is 0 Å². The molecule has 0 saturated heterocycles. The van der Waals surface area contributed by atoms with Crippen LogP contribution in [0.5, 0.6) is 0 Å². The van der Waals surface area contributed by atoms with E-state index in [1.165, 1.54) is 0 Å². The highest BCUT2D eigenvalue weighted by atomic mass is 16.1. The maximum absolute atomic E-state index is 12.6. The van der Waals surface area contributed by atoms with Gasteiger partial charge in [0.05, 0.1) is 0 Å². The average molecular weight is 396 g/mol. The molecule has 4 aromatic rings. The summed E-state index contributed by atoms with van der Waals surface area (Å²) in [6, 6.07) is 18.5. The Hall–Kier alpha value is -3.78. The van der Waals surface area contributed by atoms with E-state index in [1.807, 2.05) is 48.8 Å². The minimum atomic E-state index is -0.348. The number of aromatic amines is 1. The van der Waals surface area contributed by atoms with E-state index in [2.05, 4.69) is 46.9 Å². The lowest BCUT2D eigenvalue weighted by atomic mass is 10.1. The summed E-state index contributed by atoms with van der Waals surface area (Å²) in [5, 5.41) is 14.7. The quantitative estimate of drug-likeness (QED) is 0.357. The van der Waals surface area contributed by atoms with Crippen LogP contribution in [-0.4, -0.2) is 22.0 Å². The number of aromatic nitrogens is 2. The van der Waals surface area contributed by atoms with Crippen LogP contribution in [-0.2, 0) is 11.2 Å². The molecule has 2 aromatic heterocycles. The number of para-hydroxylation sites is 2. The molecular formula is C25H24N4O. The van der Waals surface area contributed by atoms with Crippen molar-refractivity contribution in [2.45, 2.75) is 26.3 Å². The van der Waals surface area contributed by atoms with E-state index in [1.54, 1.807) is 6.08 Å². The molecule has 0 atom stereocenters. The number of hydrogen-bond acceptors (Lipinski definition) is 2. The largest absolute Gasteiger partial charge is 0.361 e. The molecule has 0 spiro atoms. The number of carbonyl (C=O) groups is 1. The summed E-state index contributed by atoms with van der Waals surface area (Å²) in [4.78, 5) is 15.9. The van der Waals surface area contributed by atoms with Gasteiger partial charge in [-0.3, -0.25) is 4.79 Å². The summed E-state index contributed by atoms with van der Waals surface area (Å²) >= 11 is 0. The van der Waals surface area contributed by atoms with Gasteiger partial charge in [-0.1, -0.05) is 36.4 Å². The van der Waals surface area contributed by atoms with Crippen LogP contribution >= 0.6 is 0 Å². The Labute approximate surface area is 175 Å². The molecule has 30 heavy (non-hydrogen) atoms. The van der Waals surface area contributed by atoms with E-state index >= 15 is 0 Å². The molecule has 0 aliphatic carbocycles. The number of fused-ring (bicyclic) bond motifs is 2. The molecule has 4 rings (SSSR count). The maximum atomic E-state index is 12.6. The fourth-order valence-electron chi connectivity index (χ4n) is 3.82. The molecule has 0 radical (unpaired) electrons. The molecule has 2 N–H and O–H groups in total. The fraction of sp³-hybridized carbons (Fsp3) is 0.200. The zero-order valence-electron chi connectivity index (χ0n) is 17.1. The average Bonchev–Trinajstić information content (AvgIpc) is 3.34. The van der Waals surface area contributed by atoms with Crippen LogP contribution in [0.15, 0.2) is 66.5 Å². The lowest BCUT2D eigenvalue weighted by molar-refractivity contribution is -0.117. The second-order valence-corrected chi connectivity index (χ2v) is 7.64. The number of amides is 1. The van der Waals surface area contributed by atoms with Gasteiger partial charge < -0.3 is 14.9 Å². The third-order valence-corrected chi connectivity index (χ3v) is 5.35. The summed E-state index contributed by atoms with van der Waals surface area (Å²) in [7, 11) is 0. The summed E-state index contributed by atoms with van der Waals surface area (Å²) in [6.07, 6.45) is 6.36. The number of hydrogen-bond donors (Lipinski definition) is 2. The number of benzene rings is 2. The van der Waals surface area contributed by atoms with E-state index in [9.17, 15) is 10.1 Å². The second-order valence-electron chi connectivity index (χ2n) is 7.64. The first kappa shape index (κ1) is 19.5. The highest BCUT2D eigenvalue weighted by Crippen LogP contribution is 2.26. The van der Waals surface area contributed by atoms with Gasteiger partial charge in [0.1, 0.15) is 11.6 Å². The predicted octanol–water partition coefficient (Wildman–Crippen LogP) is 4.97. The van der Waals surface area contributed by atoms with Crippen molar-refractivity contribution in [3.63, 3.8) is 0 Å². The van der Waals surface area contributed by atoms with Crippen molar-refractivity contribution in [3.05, 3.63) is 77.6 Å². The van der Waals surface area contributed by atoms with Gasteiger partial charge in [0.2, 0.25) is 0 Å². The van der Waals surface area contributed by atoms with Crippen molar-refractivity contribution >= 4 is 33.8 Å². The van der Waals surface area contributed by atoms with E-state index in [4.69, 9.17) is 0 Å². The Kier molecular flexibility index (Phi) is 5.40. The molecule has 0 saturated carbocycles. The fourth-order valence-corrected chi connectivity index (χ4v) is 3.82. The Bertz CT molecular complexity index is 1280. The van der Waals surface area contributed by atoms with E-state index in [-0.39, 0.29) is 17.5 Å². The van der Waals surface area contributed by atoms with E-state index < -0.39 is 0 Å². The van der Waals surface area contributed by atoms with Gasteiger partial charge in [-0.05, 0) is 44.0 Å². The molecule has 0 unspecified atom stereocenters. The molecule has 0 bridgehead atoms. The van der Waals surface area contributed by atoms with Crippen molar-refractivity contribution in [2.24, 2.45) is 0 Å².